The Morgan fingerprint density at radius 3 is 2.51 bits per heavy atom. The van der Waals surface area contributed by atoms with Crippen molar-refractivity contribution in [1.82, 2.24) is 25.5 Å². The van der Waals surface area contributed by atoms with E-state index >= 15 is 0 Å². The van der Waals surface area contributed by atoms with Gasteiger partial charge in [0.2, 0.25) is 11.7 Å². The van der Waals surface area contributed by atoms with Crippen LogP contribution in [0.5, 0.6) is 0 Å². The van der Waals surface area contributed by atoms with Gasteiger partial charge in [0.15, 0.2) is 5.76 Å². The van der Waals surface area contributed by atoms with Crippen molar-refractivity contribution < 1.29 is 14.0 Å². The van der Waals surface area contributed by atoms with Crippen LogP contribution in [-0.2, 0) is 16.1 Å². The van der Waals surface area contributed by atoms with Gasteiger partial charge in [-0.05, 0) is 80.8 Å². The number of halogens is 1. The van der Waals surface area contributed by atoms with Crippen molar-refractivity contribution >= 4 is 40.4 Å². The summed E-state index contributed by atoms with van der Waals surface area (Å²) in [6.07, 6.45) is 0. The number of nitrogens with zero attached hydrogens (tertiary/aromatic N) is 5. The van der Waals surface area contributed by atoms with Crippen LogP contribution in [0.2, 0.25) is 5.02 Å². The van der Waals surface area contributed by atoms with Crippen molar-refractivity contribution in [2.75, 3.05) is 4.90 Å². The molecule has 0 aliphatic heterocycles. The van der Waals surface area contributed by atoms with Crippen molar-refractivity contribution in [3.63, 3.8) is 0 Å². The fourth-order valence-corrected chi connectivity index (χ4v) is 4.40. The van der Waals surface area contributed by atoms with Gasteiger partial charge in [-0.15, -0.1) is 21.5 Å². The fraction of sp³-hybridized carbons (Fsp3) is 0.292. The zero-order valence-electron chi connectivity index (χ0n) is 19.7. The van der Waals surface area contributed by atoms with Gasteiger partial charge in [-0.1, -0.05) is 17.7 Å². The van der Waals surface area contributed by atoms with E-state index in [0.29, 0.717) is 27.1 Å². The second-order valence-electron chi connectivity index (χ2n) is 8.95. The first-order valence-electron chi connectivity index (χ1n) is 10.9. The SMILES string of the molecule is Cc1ccc(-c2nnn(CC(=O)N(c3ccc(Cl)cc3)[C@@H](C(=O)NC(C)(C)C)c3cccs3)n2)o1. The van der Waals surface area contributed by atoms with Crippen LogP contribution in [0.1, 0.15) is 37.5 Å². The van der Waals surface area contributed by atoms with E-state index in [1.807, 2.05) is 45.2 Å². The lowest BCUT2D eigenvalue weighted by atomic mass is 10.1. The first kappa shape index (κ1) is 24.6. The predicted octanol–water partition coefficient (Wildman–Crippen LogP) is 4.65. The molecule has 0 spiro atoms. The van der Waals surface area contributed by atoms with Gasteiger partial charge in [-0.3, -0.25) is 14.5 Å². The van der Waals surface area contributed by atoms with Gasteiger partial charge < -0.3 is 9.73 Å². The van der Waals surface area contributed by atoms with Gasteiger partial charge in [0, 0.05) is 21.1 Å². The molecule has 0 aliphatic carbocycles. The third-order valence-corrected chi connectivity index (χ3v) is 6.06. The average Bonchev–Trinajstić information content (AvgIpc) is 3.53. The fourth-order valence-electron chi connectivity index (χ4n) is 3.46. The van der Waals surface area contributed by atoms with Crippen LogP contribution in [0.25, 0.3) is 11.6 Å². The third kappa shape index (κ3) is 5.95. The molecule has 4 aromatic rings. The highest BCUT2D eigenvalue weighted by molar-refractivity contribution is 7.10. The number of nitrogens with one attached hydrogen (secondary N) is 1. The Hall–Kier alpha value is -3.50. The molecule has 0 fully saturated rings. The second kappa shape index (κ2) is 10.0. The first-order valence-corrected chi connectivity index (χ1v) is 12.1. The molecule has 35 heavy (non-hydrogen) atoms. The predicted molar refractivity (Wildman–Crippen MR) is 134 cm³/mol. The molecule has 0 saturated heterocycles. The van der Waals surface area contributed by atoms with Crippen molar-refractivity contribution in [3.8, 4) is 11.6 Å². The Balaban J connectivity index is 1.70. The van der Waals surface area contributed by atoms with Crippen LogP contribution in [0, 0.1) is 6.92 Å². The highest BCUT2D eigenvalue weighted by Crippen LogP contribution is 2.32. The van der Waals surface area contributed by atoms with Crippen molar-refractivity contribution in [2.24, 2.45) is 0 Å². The van der Waals surface area contributed by atoms with Gasteiger partial charge in [-0.2, -0.15) is 4.80 Å². The summed E-state index contributed by atoms with van der Waals surface area (Å²) in [5.74, 6) is 0.738. The minimum absolute atomic E-state index is 0.236. The number of tetrazole rings is 1. The number of amides is 2. The molecule has 9 nitrogen and oxygen atoms in total. The highest BCUT2D eigenvalue weighted by Gasteiger charge is 2.35. The Morgan fingerprint density at radius 1 is 1.17 bits per heavy atom. The second-order valence-corrected chi connectivity index (χ2v) is 10.4. The highest BCUT2D eigenvalue weighted by atomic mass is 35.5. The van der Waals surface area contributed by atoms with Gasteiger partial charge in [0.05, 0.1) is 0 Å². The quantitative estimate of drug-likeness (QED) is 0.386. The zero-order valence-corrected chi connectivity index (χ0v) is 21.3. The maximum Gasteiger partial charge on any atom is 0.251 e. The molecule has 0 saturated carbocycles. The lowest BCUT2D eigenvalue weighted by molar-refractivity contribution is -0.128. The monoisotopic (exact) mass is 512 g/mol. The van der Waals surface area contributed by atoms with E-state index in [1.54, 1.807) is 36.4 Å². The van der Waals surface area contributed by atoms with E-state index in [1.165, 1.54) is 21.0 Å². The van der Waals surface area contributed by atoms with E-state index < -0.39 is 17.5 Å². The molecule has 0 aliphatic rings. The third-order valence-electron chi connectivity index (χ3n) is 4.88. The molecule has 3 aromatic heterocycles. The number of anilines is 1. The van der Waals surface area contributed by atoms with Crippen LogP contribution < -0.4 is 10.2 Å². The van der Waals surface area contributed by atoms with Gasteiger partial charge in [0.25, 0.3) is 5.91 Å². The first-order chi connectivity index (χ1) is 16.6. The number of aryl methyl sites for hydroxylation is 1. The number of carbonyl (C=O) groups excluding carboxylic acids is 2. The standard InChI is InChI=1S/C24H25ClN6O3S/c1-15-7-12-18(34-15)22-27-29-30(28-22)14-20(32)31(17-10-8-16(25)9-11-17)21(19-6-5-13-35-19)23(33)26-24(2,3)4/h5-13,21H,14H2,1-4H3,(H,26,33)/t21-/m1/s1. The van der Waals surface area contributed by atoms with E-state index in [-0.39, 0.29) is 18.3 Å². The number of benzene rings is 1. The van der Waals surface area contributed by atoms with Crippen LogP contribution in [0.3, 0.4) is 0 Å². The van der Waals surface area contributed by atoms with Crippen molar-refractivity contribution in [1.29, 1.82) is 0 Å². The maximum atomic E-state index is 13.7. The summed E-state index contributed by atoms with van der Waals surface area (Å²) in [7, 11) is 0. The average molecular weight is 513 g/mol. The summed E-state index contributed by atoms with van der Waals surface area (Å²) < 4.78 is 5.54. The van der Waals surface area contributed by atoms with E-state index in [0.717, 1.165) is 0 Å². The molecule has 11 heteroatoms. The molecular formula is C24H25ClN6O3S. The number of aromatic nitrogens is 4. The molecule has 4 rings (SSSR count). The zero-order chi connectivity index (χ0) is 25.2. The minimum Gasteiger partial charge on any atom is -0.458 e. The lowest BCUT2D eigenvalue weighted by Crippen LogP contribution is -2.50. The molecule has 1 N–H and O–H groups in total. The Morgan fingerprint density at radius 2 is 1.91 bits per heavy atom. The smallest absolute Gasteiger partial charge is 0.251 e. The number of hydrogen-bond acceptors (Lipinski definition) is 7. The van der Waals surface area contributed by atoms with Crippen molar-refractivity contribution in [2.45, 2.75) is 45.8 Å². The number of hydrogen-bond donors (Lipinski definition) is 1. The minimum atomic E-state index is -0.904. The molecule has 1 aromatic carbocycles. The summed E-state index contributed by atoms with van der Waals surface area (Å²) in [6, 6.07) is 13.1. The van der Waals surface area contributed by atoms with Gasteiger partial charge in [0.1, 0.15) is 18.3 Å². The summed E-state index contributed by atoms with van der Waals surface area (Å²) in [6.45, 7) is 7.25. The van der Waals surface area contributed by atoms with E-state index in [2.05, 4.69) is 20.7 Å². The molecule has 0 unspecified atom stereocenters. The Kier molecular flexibility index (Phi) is 7.04. The normalized spacial score (nSPS) is 12.4. The Labute approximate surface area is 211 Å². The summed E-state index contributed by atoms with van der Waals surface area (Å²) in [5, 5.41) is 17.7. The molecule has 2 amide bonds. The summed E-state index contributed by atoms with van der Waals surface area (Å²) in [5.41, 5.74) is 0.0223. The van der Waals surface area contributed by atoms with E-state index in [9.17, 15) is 9.59 Å². The summed E-state index contributed by atoms with van der Waals surface area (Å²) >= 11 is 7.49. The largest absolute Gasteiger partial charge is 0.458 e. The van der Waals surface area contributed by atoms with Crippen LogP contribution in [0.15, 0.2) is 58.3 Å². The van der Waals surface area contributed by atoms with Crippen LogP contribution in [0.4, 0.5) is 5.69 Å². The van der Waals surface area contributed by atoms with Crippen LogP contribution >= 0.6 is 22.9 Å². The molecule has 1 atom stereocenters. The lowest BCUT2D eigenvalue weighted by Gasteiger charge is -2.33. The molecule has 182 valence electrons. The molecule has 0 radical (unpaired) electrons. The maximum absolute atomic E-state index is 13.7. The number of rotatable bonds is 7. The molecule has 3 heterocycles. The van der Waals surface area contributed by atoms with Crippen LogP contribution in [-0.4, -0.2) is 37.6 Å². The van der Waals surface area contributed by atoms with Gasteiger partial charge in [-0.25, -0.2) is 0 Å². The number of carbonyl (C=O) groups is 2. The number of thiophene rings is 1. The van der Waals surface area contributed by atoms with Gasteiger partial charge >= 0.3 is 0 Å². The van der Waals surface area contributed by atoms with E-state index in [4.69, 9.17) is 16.0 Å². The number of furan rings is 1. The topological polar surface area (TPSA) is 106 Å². The summed E-state index contributed by atoms with van der Waals surface area (Å²) in [4.78, 5) is 30.6. The molecule has 0 bridgehead atoms. The Bertz CT molecular complexity index is 1310. The molecular weight excluding hydrogens is 488 g/mol. The van der Waals surface area contributed by atoms with Crippen molar-refractivity contribution in [3.05, 3.63) is 69.6 Å².